The molecule has 0 aliphatic carbocycles. The Morgan fingerprint density at radius 3 is 1.56 bits per heavy atom. The fourth-order valence-corrected chi connectivity index (χ4v) is 11.4. The maximum atomic E-state index is 6.08. The van der Waals surface area contributed by atoms with Crippen LogP contribution in [-0.2, 0) is 9.47 Å². The second kappa shape index (κ2) is 9.23. The van der Waals surface area contributed by atoms with E-state index in [2.05, 4.69) is 133 Å². The van der Waals surface area contributed by atoms with Crippen LogP contribution in [0.3, 0.4) is 0 Å². The SMILES string of the molecule is C/C(=C\CP(Br)(c1ccccc1)(c1ccccc1)c1ccccc1)C1OCC(C)(C)CO1. The topological polar surface area (TPSA) is 18.5 Å². The standard InChI is InChI=1S/C28H32BrO2P/c1-23(27-30-21-28(2,3)22-31-27)19-20-32(29,24-13-7-4-8-14-24,25-15-9-5-10-16-25)26-17-11-6-12-18-26/h4-19,27H,20-22H2,1-3H3/b23-19+. The Bertz CT molecular complexity index is 955. The van der Waals surface area contributed by atoms with Gasteiger partial charge in [0.1, 0.15) is 0 Å². The van der Waals surface area contributed by atoms with Gasteiger partial charge in [0.25, 0.3) is 0 Å². The zero-order valence-corrected chi connectivity index (χ0v) is 21.6. The summed E-state index contributed by atoms with van der Waals surface area (Å²) in [7, 11) is 0. The zero-order valence-electron chi connectivity index (χ0n) is 19.1. The fraction of sp³-hybridized carbons (Fsp3) is 0.286. The molecule has 3 aromatic rings. The molecule has 0 atom stereocenters. The summed E-state index contributed by atoms with van der Waals surface area (Å²) in [6, 6.07) is 32.6. The summed E-state index contributed by atoms with van der Waals surface area (Å²) < 4.78 is 12.2. The Balaban J connectivity index is 1.85. The zero-order chi connectivity index (χ0) is 22.7. The number of benzene rings is 3. The van der Waals surface area contributed by atoms with E-state index < -0.39 is 5.31 Å². The van der Waals surface area contributed by atoms with E-state index in [-0.39, 0.29) is 11.7 Å². The third-order valence-electron chi connectivity index (χ3n) is 6.26. The molecular weight excluding hydrogens is 479 g/mol. The van der Waals surface area contributed by atoms with Gasteiger partial charge in [0, 0.05) is 0 Å². The summed E-state index contributed by atoms with van der Waals surface area (Å²) >= 11 is 4.49. The van der Waals surface area contributed by atoms with Gasteiger partial charge >= 0.3 is 201 Å². The van der Waals surface area contributed by atoms with Gasteiger partial charge in [-0.1, -0.05) is 0 Å². The molecule has 0 spiro atoms. The summed E-state index contributed by atoms with van der Waals surface area (Å²) in [4.78, 5) is 0. The summed E-state index contributed by atoms with van der Waals surface area (Å²) in [5.74, 6) is 0. The average molecular weight is 511 g/mol. The number of rotatable bonds is 6. The molecule has 0 aromatic heterocycles. The van der Waals surface area contributed by atoms with E-state index in [4.69, 9.17) is 9.47 Å². The van der Waals surface area contributed by atoms with Crippen molar-refractivity contribution in [3.05, 3.63) is 103 Å². The van der Waals surface area contributed by atoms with Crippen molar-refractivity contribution in [1.82, 2.24) is 0 Å². The van der Waals surface area contributed by atoms with Crippen LogP contribution in [0.2, 0.25) is 0 Å². The molecule has 168 valence electrons. The first-order valence-electron chi connectivity index (χ1n) is 11.1. The van der Waals surface area contributed by atoms with Gasteiger partial charge in [-0.2, -0.15) is 0 Å². The molecule has 1 fully saturated rings. The molecule has 1 aliphatic heterocycles. The van der Waals surface area contributed by atoms with Crippen LogP contribution in [0.1, 0.15) is 20.8 Å². The molecule has 4 heteroatoms. The molecule has 2 nitrogen and oxygen atoms in total. The van der Waals surface area contributed by atoms with Crippen LogP contribution in [0.25, 0.3) is 0 Å². The van der Waals surface area contributed by atoms with E-state index in [1.54, 1.807) is 0 Å². The molecule has 0 radical (unpaired) electrons. The van der Waals surface area contributed by atoms with Crippen molar-refractivity contribution in [1.29, 1.82) is 0 Å². The summed E-state index contributed by atoms with van der Waals surface area (Å²) in [6.07, 6.45) is 2.87. The van der Waals surface area contributed by atoms with E-state index in [9.17, 15) is 0 Å². The monoisotopic (exact) mass is 510 g/mol. The summed E-state index contributed by atoms with van der Waals surface area (Å²) in [6.45, 7) is 7.88. The molecule has 1 heterocycles. The first-order chi connectivity index (χ1) is 15.3. The van der Waals surface area contributed by atoms with Crippen LogP contribution >= 0.6 is 20.8 Å². The minimum atomic E-state index is -2.97. The van der Waals surface area contributed by atoms with E-state index >= 15 is 0 Å². The first-order valence-corrected chi connectivity index (χ1v) is 15.6. The predicted octanol–water partition coefficient (Wildman–Crippen LogP) is 6.17. The molecule has 4 rings (SSSR count). The normalized spacial score (nSPS) is 18.6. The Morgan fingerprint density at radius 2 is 1.19 bits per heavy atom. The van der Waals surface area contributed by atoms with Gasteiger partial charge in [-0.25, -0.2) is 0 Å². The van der Waals surface area contributed by atoms with Crippen molar-refractivity contribution >= 4 is 36.7 Å². The first kappa shape index (κ1) is 23.4. The summed E-state index contributed by atoms with van der Waals surface area (Å²) in [5, 5.41) is 0.965. The van der Waals surface area contributed by atoms with Gasteiger partial charge < -0.3 is 0 Å². The number of halogens is 1. The van der Waals surface area contributed by atoms with Crippen molar-refractivity contribution in [3.8, 4) is 0 Å². The molecule has 0 bridgehead atoms. The molecule has 3 aromatic carbocycles. The maximum absolute atomic E-state index is 6.08. The predicted molar refractivity (Wildman–Crippen MR) is 142 cm³/mol. The van der Waals surface area contributed by atoms with Crippen LogP contribution in [0.15, 0.2) is 103 Å². The van der Waals surface area contributed by atoms with Gasteiger partial charge in [-0.3, -0.25) is 0 Å². The summed E-state index contributed by atoms with van der Waals surface area (Å²) in [5.41, 5.74) is 1.18. The minimum absolute atomic E-state index is 0.0591. The molecule has 1 aliphatic rings. The molecule has 32 heavy (non-hydrogen) atoms. The van der Waals surface area contributed by atoms with Crippen LogP contribution in [-0.4, -0.2) is 25.7 Å². The van der Waals surface area contributed by atoms with Crippen LogP contribution < -0.4 is 15.9 Å². The van der Waals surface area contributed by atoms with E-state index in [0.29, 0.717) is 13.2 Å². The molecule has 0 amide bonds. The van der Waals surface area contributed by atoms with Crippen LogP contribution in [0, 0.1) is 5.41 Å². The molecule has 0 N–H and O–H groups in total. The molecule has 0 unspecified atom stereocenters. The van der Waals surface area contributed by atoms with Crippen molar-refractivity contribution in [2.75, 3.05) is 19.4 Å². The van der Waals surface area contributed by atoms with Crippen molar-refractivity contribution < 1.29 is 9.47 Å². The second-order valence-electron chi connectivity index (χ2n) is 9.44. The van der Waals surface area contributed by atoms with Gasteiger partial charge in [0.15, 0.2) is 0 Å². The van der Waals surface area contributed by atoms with Crippen LogP contribution in [0.5, 0.6) is 0 Å². The molecular formula is C28H32BrO2P. The Hall–Kier alpha value is -1.77. The third kappa shape index (κ3) is 4.37. The van der Waals surface area contributed by atoms with Gasteiger partial charge in [0.05, 0.1) is 0 Å². The van der Waals surface area contributed by atoms with Gasteiger partial charge in [-0.15, -0.1) is 0 Å². The van der Waals surface area contributed by atoms with Crippen molar-refractivity contribution in [2.24, 2.45) is 5.41 Å². The van der Waals surface area contributed by atoms with Gasteiger partial charge in [0.2, 0.25) is 0 Å². The fourth-order valence-electron chi connectivity index (χ4n) is 4.35. The number of ether oxygens (including phenoxy) is 2. The molecule has 1 saturated heterocycles. The van der Waals surface area contributed by atoms with E-state index in [1.807, 2.05) is 0 Å². The Morgan fingerprint density at radius 1 is 0.812 bits per heavy atom. The Kier molecular flexibility index (Phi) is 6.75. The number of allylic oxidation sites excluding steroid dienone is 1. The Labute approximate surface area is 200 Å². The third-order valence-corrected chi connectivity index (χ3v) is 15.8. The van der Waals surface area contributed by atoms with E-state index in [0.717, 1.165) is 11.7 Å². The molecule has 0 saturated carbocycles. The van der Waals surface area contributed by atoms with Gasteiger partial charge in [-0.05, 0) is 0 Å². The quantitative estimate of drug-likeness (QED) is 0.291. The van der Waals surface area contributed by atoms with E-state index in [1.165, 1.54) is 15.9 Å². The number of hydrogen-bond acceptors (Lipinski definition) is 2. The average Bonchev–Trinajstić information content (AvgIpc) is 2.84. The van der Waals surface area contributed by atoms with Crippen molar-refractivity contribution in [2.45, 2.75) is 27.1 Å². The second-order valence-corrected chi connectivity index (χ2v) is 18.4. The number of hydrogen-bond donors (Lipinski definition) is 0. The van der Waals surface area contributed by atoms with Crippen molar-refractivity contribution in [3.63, 3.8) is 0 Å². The van der Waals surface area contributed by atoms with Crippen LogP contribution in [0.4, 0.5) is 0 Å².